The summed E-state index contributed by atoms with van der Waals surface area (Å²) >= 11 is 0. The third-order valence-electron chi connectivity index (χ3n) is 5.03. The average molecular weight is 380 g/mol. The van der Waals surface area contributed by atoms with Crippen molar-refractivity contribution >= 4 is 6.09 Å². The summed E-state index contributed by atoms with van der Waals surface area (Å²) in [4.78, 5) is 18.2. The highest BCUT2D eigenvalue weighted by atomic mass is 19.1. The van der Waals surface area contributed by atoms with E-state index in [1.165, 1.54) is 12.1 Å². The van der Waals surface area contributed by atoms with E-state index in [0.717, 1.165) is 28.1 Å². The largest absolute Gasteiger partial charge is 0.416 e. The first-order chi connectivity index (χ1) is 13.6. The minimum absolute atomic E-state index is 0.247. The van der Waals surface area contributed by atoms with Crippen molar-refractivity contribution in [2.75, 3.05) is 13.1 Å². The molecule has 3 aromatic rings. The number of aromatic nitrogens is 3. The van der Waals surface area contributed by atoms with Crippen LogP contribution >= 0.6 is 0 Å². The summed E-state index contributed by atoms with van der Waals surface area (Å²) in [5.74, 6) is -0.0262. The van der Waals surface area contributed by atoms with E-state index < -0.39 is 6.09 Å². The lowest BCUT2D eigenvalue weighted by atomic mass is 9.89. The number of amides is 1. The number of carbonyl (C=O) groups excluding carboxylic acids is 1. The smallest absolute Gasteiger partial charge is 0.389 e. The Labute approximate surface area is 162 Å². The predicted octanol–water partition coefficient (Wildman–Crippen LogP) is 4.01. The van der Waals surface area contributed by atoms with Crippen LogP contribution in [0.3, 0.4) is 0 Å². The second-order valence-corrected chi connectivity index (χ2v) is 6.59. The van der Waals surface area contributed by atoms with Gasteiger partial charge in [0.25, 0.3) is 5.88 Å². The van der Waals surface area contributed by atoms with Crippen LogP contribution in [0, 0.1) is 5.82 Å². The van der Waals surface area contributed by atoms with Gasteiger partial charge >= 0.3 is 6.09 Å². The van der Waals surface area contributed by atoms with Crippen molar-refractivity contribution in [2.45, 2.75) is 26.7 Å². The van der Waals surface area contributed by atoms with Crippen LogP contribution in [0.2, 0.25) is 0 Å². The molecule has 0 saturated carbocycles. The van der Waals surface area contributed by atoms with Gasteiger partial charge in [0.1, 0.15) is 5.82 Å². The highest BCUT2D eigenvalue weighted by Crippen LogP contribution is 2.41. The van der Waals surface area contributed by atoms with Crippen molar-refractivity contribution < 1.29 is 13.9 Å². The Kier molecular flexibility index (Phi) is 4.81. The second kappa shape index (κ2) is 7.42. The maximum Gasteiger partial charge on any atom is 0.416 e. The first-order valence-electron chi connectivity index (χ1n) is 9.40. The average Bonchev–Trinajstić information content (AvgIpc) is 3.08. The number of rotatable bonds is 4. The molecular weight excluding hydrogens is 359 g/mol. The van der Waals surface area contributed by atoms with E-state index in [1.807, 2.05) is 26.0 Å². The number of nitrogens with zero attached hydrogens (tertiary/aromatic N) is 4. The van der Waals surface area contributed by atoms with Crippen molar-refractivity contribution in [2.24, 2.45) is 0 Å². The van der Waals surface area contributed by atoms with Crippen molar-refractivity contribution in [3.8, 4) is 22.7 Å². The van der Waals surface area contributed by atoms with Gasteiger partial charge in [0.15, 0.2) is 0 Å². The molecule has 0 radical (unpaired) electrons. The Balaban J connectivity index is 1.85. The van der Waals surface area contributed by atoms with Crippen molar-refractivity contribution in [1.82, 2.24) is 19.7 Å². The summed E-state index contributed by atoms with van der Waals surface area (Å²) in [6.45, 7) is 4.89. The van der Waals surface area contributed by atoms with Crippen LogP contribution < -0.4 is 4.74 Å². The lowest BCUT2D eigenvalue weighted by molar-refractivity contribution is 0.155. The van der Waals surface area contributed by atoms with E-state index in [0.29, 0.717) is 25.9 Å². The van der Waals surface area contributed by atoms with Crippen LogP contribution in [-0.2, 0) is 12.8 Å². The molecule has 0 aliphatic heterocycles. The topological polar surface area (TPSA) is 60.3 Å². The number of hydrogen-bond acceptors (Lipinski definition) is 4. The molecule has 7 heteroatoms. The van der Waals surface area contributed by atoms with Crippen LogP contribution in [0.25, 0.3) is 16.8 Å². The first kappa shape index (κ1) is 18.2. The van der Waals surface area contributed by atoms with E-state index in [1.54, 1.807) is 28.0 Å². The molecule has 0 unspecified atom stereocenters. The van der Waals surface area contributed by atoms with Crippen molar-refractivity contribution in [1.29, 1.82) is 0 Å². The van der Waals surface area contributed by atoms with Gasteiger partial charge in [-0.2, -0.15) is 0 Å². The summed E-state index contributed by atoms with van der Waals surface area (Å²) in [6, 6.07) is 8.40. The van der Waals surface area contributed by atoms with Gasteiger partial charge in [-0.05, 0) is 62.1 Å². The van der Waals surface area contributed by atoms with E-state index >= 15 is 0 Å². The number of benzene rings is 1. The molecule has 6 nitrogen and oxygen atoms in total. The minimum atomic E-state index is -0.443. The summed E-state index contributed by atoms with van der Waals surface area (Å²) in [5.41, 5.74) is 4.26. The SMILES string of the molecule is CCN(CC)C(=O)Oc1nn(-c2ccncc2)c2c1-c1ccc(F)cc1CC2. The predicted molar refractivity (Wildman–Crippen MR) is 103 cm³/mol. The van der Waals surface area contributed by atoms with Crippen molar-refractivity contribution in [3.63, 3.8) is 0 Å². The Bertz CT molecular complexity index is 1010. The Hall–Kier alpha value is -3.22. The van der Waals surface area contributed by atoms with Gasteiger partial charge in [-0.3, -0.25) is 4.98 Å². The van der Waals surface area contributed by atoms with E-state index in [-0.39, 0.29) is 11.7 Å². The summed E-state index contributed by atoms with van der Waals surface area (Å²) in [6.07, 6.45) is 4.31. The van der Waals surface area contributed by atoms with Crippen LogP contribution in [0.4, 0.5) is 9.18 Å². The fourth-order valence-electron chi connectivity index (χ4n) is 3.60. The fraction of sp³-hybridized carbons (Fsp3) is 0.286. The number of fused-ring (bicyclic) bond motifs is 3. The number of aryl methyl sites for hydroxylation is 1. The standard InChI is InChI=1S/C21H21FN4O2/c1-3-25(4-2)21(27)28-20-19-17-7-6-15(22)13-14(17)5-8-18(19)26(24-20)16-9-11-23-12-10-16/h6-7,9-13H,3-5,8H2,1-2H3. The van der Waals surface area contributed by atoms with Gasteiger partial charge in [-0.1, -0.05) is 6.07 Å². The molecule has 1 aromatic carbocycles. The molecule has 1 aliphatic rings. The molecule has 28 heavy (non-hydrogen) atoms. The fourth-order valence-corrected chi connectivity index (χ4v) is 3.60. The molecule has 0 spiro atoms. The zero-order chi connectivity index (χ0) is 19.7. The zero-order valence-corrected chi connectivity index (χ0v) is 15.9. The van der Waals surface area contributed by atoms with Gasteiger partial charge in [0.05, 0.1) is 16.9 Å². The molecule has 0 saturated heterocycles. The van der Waals surface area contributed by atoms with E-state index in [2.05, 4.69) is 10.1 Å². The van der Waals surface area contributed by atoms with Gasteiger partial charge < -0.3 is 9.64 Å². The molecule has 0 fully saturated rings. The Morgan fingerprint density at radius 2 is 1.93 bits per heavy atom. The lowest BCUT2D eigenvalue weighted by Gasteiger charge is -2.20. The number of hydrogen-bond donors (Lipinski definition) is 0. The minimum Gasteiger partial charge on any atom is -0.389 e. The van der Waals surface area contributed by atoms with E-state index in [9.17, 15) is 9.18 Å². The normalized spacial score (nSPS) is 12.2. The van der Waals surface area contributed by atoms with Crippen LogP contribution in [0.5, 0.6) is 5.88 Å². The molecule has 144 valence electrons. The molecule has 2 aromatic heterocycles. The third-order valence-corrected chi connectivity index (χ3v) is 5.03. The maximum absolute atomic E-state index is 13.7. The Morgan fingerprint density at radius 1 is 1.18 bits per heavy atom. The molecule has 2 heterocycles. The number of pyridine rings is 1. The van der Waals surface area contributed by atoms with Gasteiger partial charge in [-0.25, -0.2) is 13.9 Å². The van der Waals surface area contributed by atoms with Crippen LogP contribution in [0.1, 0.15) is 25.1 Å². The maximum atomic E-state index is 13.7. The van der Waals surface area contributed by atoms with Crippen LogP contribution in [0.15, 0.2) is 42.7 Å². The van der Waals surface area contributed by atoms with Crippen LogP contribution in [-0.4, -0.2) is 38.8 Å². The van der Waals surface area contributed by atoms with E-state index in [4.69, 9.17) is 4.74 Å². The number of halogens is 1. The number of ether oxygens (including phenoxy) is 1. The zero-order valence-electron chi connectivity index (χ0n) is 15.9. The molecule has 1 amide bonds. The summed E-state index contributed by atoms with van der Waals surface area (Å²) < 4.78 is 21.2. The monoisotopic (exact) mass is 380 g/mol. The molecule has 4 rings (SSSR count). The van der Waals surface area contributed by atoms with Crippen molar-refractivity contribution in [3.05, 3.63) is 59.8 Å². The molecule has 0 bridgehead atoms. The van der Waals surface area contributed by atoms with Gasteiger partial charge in [0, 0.05) is 25.5 Å². The molecule has 0 atom stereocenters. The third kappa shape index (κ3) is 3.13. The molecule has 0 N–H and O–H groups in total. The first-order valence-corrected chi connectivity index (χ1v) is 9.40. The quantitative estimate of drug-likeness (QED) is 0.686. The molecular formula is C21H21FN4O2. The summed E-state index contributed by atoms with van der Waals surface area (Å²) in [7, 11) is 0. The van der Waals surface area contributed by atoms with Gasteiger partial charge in [-0.15, -0.1) is 5.10 Å². The molecule has 1 aliphatic carbocycles. The highest BCUT2D eigenvalue weighted by Gasteiger charge is 2.29. The number of carbonyl (C=O) groups is 1. The lowest BCUT2D eigenvalue weighted by Crippen LogP contribution is -2.33. The summed E-state index contributed by atoms with van der Waals surface area (Å²) in [5, 5.41) is 4.60. The Morgan fingerprint density at radius 3 is 2.64 bits per heavy atom. The van der Waals surface area contributed by atoms with Gasteiger partial charge in [0.2, 0.25) is 0 Å². The second-order valence-electron chi connectivity index (χ2n) is 6.59. The highest BCUT2D eigenvalue weighted by molar-refractivity contribution is 5.80.